The van der Waals surface area contributed by atoms with Crippen molar-refractivity contribution in [3.63, 3.8) is 0 Å². The van der Waals surface area contributed by atoms with E-state index in [4.69, 9.17) is 4.74 Å². The fourth-order valence-corrected chi connectivity index (χ4v) is 3.52. The van der Waals surface area contributed by atoms with E-state index in [0.717, 1.165) is 44.0 Å². The number of nitrogens with zero attached hydrogens (tertiary/aromatic N) is 1. The van der Waals surface area contributed by atoms with Crippen LogP contribution >= 0.6 is 12.4 Å². The van der Waals surface area contributed by atoms with Crippen molar-refractivity contribution in [2.75, 3.05) is 19.7 Å². The summed E-state index contributed by atoms with van der Waals surface area (Å²) in [5.74, 6) is 2.03. The Kier molecular flexibility index (Phi) is 8.23. The molecule has 0 unspecified atom stereocenters. The van der Waals surface area contributed by atoms with Crippen LogP contribution in [-0.2, 0) is 6.42 Å². The van der Waals surface area contributed by atoms with E-state index >= 15 is 0 Å². The average Bonchev–Trinajstić information content (AvgIpc) is 2.66. The third-order valence-corrected chi connectivity index (χ3v) is 4.90. The van der Waals surface area contributed by atoms with Crippen molar-refractivity contribution in [2.24, 2.45) is 5.92 Å². The second kappa shape index (κ2) is 10.4. The molecule has 3 rings (SSSR count). The summed E-state index contributed by atoms with van der Waals surface area (Å²) < 4.78 is 6.22. The molecule has 1 aliphatic rings. The van der Waals surface area contributed by atoms with Gasteiger partial charge >= 0.3 is 0 Å². The first-order valence-corrected chi connectivity index (χ1v) is 9.21. The molecule has 1 aromatic carbocycles. The summed E-state index contributed by atoms with van der Waals surface area (Å²) in [6.45, 7) is 5.06. The van der Waals surface area contributed by atoms with Gasteiger partial charge in [-0.2, -0.15) is 0 Å². The largest absolute Gasteiger partial charge is 0.491 e. The second-order valence-corrected chi connectivity index (χ2v) is 6.63. The fraction of sp³-hybridized carbons (Fsp3) is 0.476. The summed E-state index contributed by atoms with van der Waals surface area (Å²) in [6.07, 6.45) is 6.38. The van der Waals surface area contributed by atoms with Crippen LogP contribution < -0.4 is 10.1 Å². The van der Waals surface area contributed by atoms with Crippen LogP contribution in [0, 0.1) is 5.92 Å². The van der Waals surface area contributed by atoms with Crippen molar-refractivity contribution in [1.29, 1.82) is 0 Å². The SMILES string of the molecule is CCCCc1ncccc1OC[C@H]1CNCC[C@@H]1c1ccccc1.Cl. The van der Waals surface area contributed by atoms with Crippen LogP contribution in [0.15, 0.2) is 48.7 Å². The number of hydrogen-bond donors (Lipinski definition) is 1. The maximum Gasteiger partial charge on any atom is 0.140 e. The summed E-state index contributed by atoms with van der Waals surface area (Å²) in [5, 5.41) is 3.52. The number of benzene rings is 1. The minimum Gasteiger partial charge on any atom is -0.491 e. The molecule has 0 aliphatic carbocycles. The number of nitrogens with one attached hydrogen (secondary N) is 1. The third kappa shape index (κ3) is 5.45. The molecule has 2 aromatic rings. The Balaban J connectivity index is 0.00000225. The lowest BCUT2D eigenvalue weighted by Crippen LogP contribution is -2.38. The Hall–Kier alpha value is -1.58. The zero-order chi connectivity index (χ0) is 16.6. The van der Waals surface area contributed by atoms with Gasteiger partial charge in [-0.05, 0) is 49.4 Å². The van der Waals surface area contributed by atoms with E-state index in [2.05, 4.69) is 53.6 Å². The number of rotatable bonds is 7. The van der Waals surface area contributed by atoms with Crippen LogP contribution in [0.25, 0.3) is 0 Å². The van der Waals surface area contributed by atoms with Gasteiger partial charge in [-0.1, -0.05) is 43.7 Å². The maximum atomic E-state index is 6.22. The Bertz CT molecular complexity index is 620. The maximum absolute atomic E-state index is 6.22. The molecular formula is C21H29ClN2O. The predicted octanol–water partition coefficient (Wildman–Crippen LogP) is 4.62. The van der Waals surface area contributed by atoms with Crippen LogP contribution in [-0.4, -0.2) is 24.7 Å². The van der Waals surface area contributed by atoms with Gasteiger partial charge in [0.1, 0.15) is 5.75 Å². The summed E-state index contributed by atoms with van der Waals surface area (Å²) in [7, 11) is 0. The minimum atomic E-state index is 0. The Morgan fingerprint density at radius 1 is 1.16 bits per heavy atom. The molecule has 0 spiro atoms. The fourth-order valence-electron chi connectivity index (χ4n) is 3.52. The number of unbranched alkanes of at least 4 members (excludes halogenated alkanes) is 1. The summed E-state index contributed by atoms with van der Waals surface area (Å²) in [6, 6.07) is 14.9. The van der Waals surface area contributed by atoms with Crippen LogP contribution in [0.1, 0.15) is 43.4 Å². The lowest BCUT2D eigenvalue weighted by atomic mass is 9.81. The molecule has 1 aromatic heterocycles. The first kappa shape index (κ1) is 19.7. The van der Waals surface area contributed by atoms with Gasteiger partial charge in [-0.15, -0.1) is 12.4 Å². The standard InChI is InChI=1S/C21H28N2O.ClH/c1-2-3-10-20-21(11-7-13-23-20)24-16-18-15-22-14-12-19(18)17-8-5-4-6-9-17;/h4-9,11,13,18-19,22H,2-3,10,12,14-16H2,1H3;1H/t18-,19-;/m1./s1. The number of pyridine rings is 1. The molecule has 1 fully saturated rings. The first-order valence-electron chi connectivity index (χ1n) is 9.21. The number of halogens is 1. The van der Waals surface area contributed by atoms with Crippen LogP contribution in [0.3, 0.4) is 0 Å². The zero-order valence-electron chi connectivity index (χ0n) is 15.0. The highest BCUT2D eigenvalue weighted by molar-refractivity contribution is 5.85. The van der Waals surface area contributed by atoms with E-state index in [1.807, 2.05) is 12.3 Å². The van der Waals surface area contributed by atoms with Gasteiger partial charge in [0.05, 0.1) is 12.3 Å². The molecule has 2 heterocycles. The monoisotopic (exact) mass is 360 g/mol. The predicted molar refractivity (Wildman–Crippen MR) is 106 cm³/mol. The molecular weight excluding hydrogens is 332 g/mol. The molecule has 0 bridgehead atoms. The number of hydrogen-bond acceptors (Lipinski definition) is 3. The van der Waals surface area contributed by atoms with E-state index in [1.165, 1.54) is 18.4 Å². The summed E-state index contributed by atoms with van der Waals surface area (Å²) >= 11 is 0. The van der Waals surface area contributed by atoms with E-state index < -0.39 is 0 Å². The zero-order valence-corrected chi connectivity index (χ0v) is 15.8. The number of aromatic nitrogens is 1. The summed E-state index contributed by atoms with van der Waals surface area (Å²) in [5.41, 5.74) is 2.53. The highest BCUT2D eigenvalue weighted by Gasteiger charge is 2.27. The van der Waals surface area contributed by atoms with Crippen molar-refractivity contribution in [3.8, 4) is 5.75 Å². The molecule has 1 saturated heterocycles. The molecule has 2 atom stereocenters. The lowest BCUT2D eigenvalue weighted by molar-refractivity contribution is 0.195. The molecule has 4 heteroatoms. The molecule has 3 nitrogen and oxygen atoms in total. The first-order chi connectivity index (χ1) is 11.9. The molecule has 0 amide bonds. The average molecular weight is 361 g/mol. The Morgan fingerprint density at radius 3 is 2.80 bits per heavy atom. The van der Waals surface area contributed by atoms with Crippen molar-refractivity contribution >= 4 is 12.4 Å². The van der Waals surface area contributed by atoms with E-state index in [0.29, 0.717) is 11.8 Å². The molecule has 0 radical (unpaired) electrons. The van der Waals surface area contributed by atoms with Crippen molar-refractivity contribution < 1.29 is 4.74 Å². The van der Waals surface area contributed by atoms with Crippen molar-refractivity contribution in [2.45, 2.75) is 38.5 Å². The van der Waals surface area contributed by atoms with Gasteiger partial charge < -0.3 is 10.1 Å². The van der Waals surface area contributed by atoms with E-state index in [1.54, 1.807) is 0 Å². The van der Waals surface area contributed by atoms with Gasteiger partial charge in [0, 0.05) is 18.7 Å². The number of ether oxygens (including phenoxy) is 1. The number of piperidine rings is 1. The molecule has 25 heavy (non-hydrogen) atoms. The van der Waals surface area contributed by atoms with Gasteiger partial charge in [0.25, 0.3) is 0 Å². The van der Waals surface area contributed by atoms with Gasteiger partial charge in [0.15, 0.2) is 0 Å². The Labute approximate surface area is 157 Å². The van der Waals surface area contributed by atoms with Crippen molar-refractivity contribution in [1.82, 2.24) is 10.3 Å². The molecule has 1 N–H and O–H groups in total. The van der Waals surface area contributed by atoms with Crippen LogP contribution in [0.2, 0.25) is 0 Å². The van der Waals surface area contributed by atoms with Crippen LogP contribution in [0.5, 0.6) is 5.75 Å². The third-order valence-electron chi connectivity index (χ3n) is 4.90. The highest BCUT2D eigenvalue weighted by atomic mass is 35.5. The molecule has 136 valence electrons. The van der Waals surface area contributed by atoms with Gasteiger partial charge in [-0.25, -0.2) is 0 Å². The quantitative estimate of drug-likeness (QED) is 0.782. The minimum absolute atomic E-state index is 0. The van der Waals surface area contributed by atoms with Crippen LogP contribution in [0.4, 0.5) is 0 Å². The normalized spacial score (nSPS) is 19.9. The topological polar surface area (TPSA) is 34.1 Å². The number of aryl methyl sites for hydroxylation is 1. The van der Waals surface area contributed by atoms with Crippen molar-refractivity contribution in [3.05, 3.63) is 59.9 Å². The highest BCUT2D eigenvalue weighted by Crippen LogP contribution is 2.31. The van der Waals surface area contributed by atoms with Gasteiger partial charge in [0.2, 0.25) is 0 Å². The molecule has 0 saturated carbocycles. The molecule has 1 aliphatic heterocycles. The van der Waals surface area contributed by atoms with E-state index in [9.17, 15) is 0 Å². The lowest BCUT2D eigenvalue weighted by Gasteiger charge is -2.32. The Morgan fingerprint density at radius 2 is 2.00 bits per heavy atom. The second-order valence-electron chi connectivity index (χ2n) is 6.63. The van der Waals surface area contributed by atoms with E-state index in [-0.39, 0.29) is 12.4 Å². The van der Waals surface area contributed by atoms with Gasteiger partial charge in [-0.3, -0.25) is 4.98 Å². The smallest absolute Gasteiger partial charge is 0.140 e. The summed E-state index contributed by atoms with van der Waals surface area (Å²) in [4.78, 5) is 4.52.